The van der Waals surface area contributed by atoms with Crippen molar-refractivity contribution in [1.29, 1.82) is 0 Å². The molecule has 0 saturated carbocycles. The molecule has 0 aliphatic rings. The van der Waals surface area contributed by atoms with Gasteiger partial charge in [0.25, 0.3) is 5.91 Å². The van der Waals surface area contributed by atoms with Crippen molar-refractivity contribution in [2.75, 3.05) is 10.5 Å². The zero-order valence-corrected chi connectivity index (χ0v) is 10.4. The van der Waals surface area contributed by atoms with Gasteiger partial charge in [0.1, 0.15) is 0 Å². The third-order valence-electron chi connectivity index (χ3n) is 2.11. The van der Waals surface area contributed by atoms with Crippen LogP contribution in [-0.4, -0.2) is 26.3 Å². The summed E-state index contributed by atoms with van der Waals surface area (Å²) >= 11 is 0. The standard InChI is InChI=1S/C10H11F3N2O3S/c11-10(12,13)5-6-19(17,18)15-8-4-2-1-3-7(8)9(14)16/h1-4,15H,5-6H2,(H2,14,16). The Bertz CT molecular complexity index is 570. The highest BCUT2D eigenvalue weighted by atomic mass is 32.2. The van der Waals surface area contributed by atoms with E-state index in [4.69, 9.17) is 5.73 Å². The second kappa shape index (κ2) is 5.47. The van der Waals surface area contributed by atoms with Crippen molar-refractivity contribution >= 4 is 21.6 Å². The number of primary amides is 1. The lowest BCUT2D eigenvalue weighted by Gasteiger charge is -2.11. The minimum atomic E-state index is -4.57. The summed E-state index contributed by atoms with van der Waals surface area (Å²) in [6.45, 7) is 0. The second-order valence-corrected chi connectivity index (χ2v) is 5.54. The van der Waals surface area contributed by atoms with E-state index in [1.165, 1.54) is 24.3 Å². The van der Waals surface area contributed by atoms with Gasteiger partial charge in [0, 0.05) is 0 Å². The minimum Gasteiger partial charge on any atom is -0.366 e. The number of nitrogens with one attached hydrogen (secondary N) is 1. The molecule has 5 nitrogen and oxygen atoms in total. The smallest absolute Gasteiger partial charge is 0.366 e. The number of alkyl halides is 3. The molecule has 0 radical (unpaired) electrons. The molecule has 1 rings (SSSR count). The van der Waals surface area contributed by atoms with E-state index in [2.05, 4.69) is 0 Å². The van der Waals surface area contributed by atoms with Gasteiger partial charge in [-0.15, -0.1) is 0 Å². The molecule has 0 spiro atoms. The first-order chi connectivity index (χ1) is 8.61. The van der Waals surface area contributed by atoms with Gasteiger partial charge in [-0.1, -0.05) is 12.1 Å². The van der Waals surface area contributed by atoms with Crippen LogP contribution in [0.5, 0.6) is 0 Å². The molecule has 0 aliphatic carbocycles. The number of anilines is 1. The number of benzene rings is 1. The maximum absolute atomic E-state index is 12.0. The fraction of sp³-hybridized carbons (Fsp3) is 0.300. The van der Waals surface area contributed by atoms with Crippen molar-refractivity contribution in [3.05, 3.63) is 29.8 Å². The van der Waals surface area contributed by atoms with Gasteiger partial charge in [-0.2, -0.15) is 13.2 Å². The Hall–Kier alpha value is -1.77. The van der Waals surface area contributed by atoms with Gasteiger partial charge in [-0.3, -0.25) is 9.52 Å². The summed E-state index contributed by atoms with van der Waals surface area (Å²) in [6.07, 6.45) is -6.04. The van der Waals surface area contributed by atoms with Gasteiger partial charge in [0.15, 0.2) is 0 Å². The molecule has 0 unspecified atom stereocenters. The first-order valence-electron chi connectivity index (χ1n) is 5.07. The Morgan fingerprint density at radius 3 is 2.37 bits per heavy atom. The summed E-state index contributed by atoms with van der Waals surface area (Å²) < 4.78 is 60.7. The third kappa shape index (κ3) is 5.16. The molecule has 1 aromatic rings. The largest absolute Gasteiger partial charge is 0.390 e. The topological polar surface area (TPSA) is 89.3 Å². The van der Waals surface area contributed by atoms with E-state index in [1.807, 2.05) is 4.72 Å². The van der Waals surface area contributed by atoms with Crippen LogP contribution in [0, 0.1) is 0 Å². The van der Waals surface area contributed by atoms with Gasteiger partial charge >= 0.3 is 6.18 Å². The molecule has 0 heterocycles. The Morgan fingerprint density at radius 2 is 1.84 bits per heavy atom. The molecule has 0 saturated heterocycles. The van der Waals surface area contributed by atoms with Crippen molar-refractivity contribution in [3.63, 3.8) is 0 Å². The Morgan fingerprint density at radius 1 is 1.26 bits per heavy atom. The fourth-order valence-electron chi connectivity index (χ4n) is 1.26. The highest BCUT2D eigenvalue weighted by Crippen LogP contribution is 2.22. The van der Waals surface area contributed by atoms with Crippen molar-refractivity contribution in [2.24, 2.45) is 5.73 Å². The lowest BCUT2D eigenvalue weighted by molar-refractivity contribution is -0.129. The number of hydrogen-bond donors (Lipinski definition) is 2. The van der Waals surface area contributed by atoms with E-state index in [9.17, 15) is 26.4 Å². The zero-order valence-electron chi connectivity index (χ0n) is 9.57. The maximum Gasteiger partial charge on any atom is 0.390 e. The van der Waals surface area contributed by atoms with Gasteiger partial charge in [-0.05, 0) is 12.1 Å². The summed E-state index contributed by atoms with van der Waals surface area (Å²) in [5.41, 5.74) is 4.77. The van der Waals surface area contributed by atoms with Crippen molar-refractivity contribution in [2.45, 2.75) is 12.6 Å². The van der Waals surface area contributed by atoms with Crippen LogP contribution in [0.3, 0.4) is 0 Å². The van der Waals surface area contributed by atoms with Gasteiger partial charge in [0.2, 0.25) is 10.0 Å². The average molecular weight is 296 g/mol. The fourth-order valence-corrected chi connectivity index (χ4v) is 2.37. The number of hydrogen-bond acceptors (Lipinski definition) is 3. The number of nitrogens with two attached hydrogens (primary N) is 1. The number of para-hydroxylation sites is 1. The van der Waals surface area contributed by atoms with Crippen LogP contribution in [0.4, 0.5) is 18.9 Å². The van der Waals surface area contributed by atoms with E-state index < -0.39 is 34.3 Å². The molecule has 19 heavy (non-hydrogen) atoms. The highest BCUT2D eigenvalue weighted by molar-refractivity contribution is 7.92. The Labute approximate surface area is 107 Å². The SMILES string of the molecule is NC(=O)c1ccccc1NS(=O)(=O)CCC(F)(F)F. The van der Waals surface area contributed by atoms with Crippen LogP contribution < -0.4 is 10.5 Å². The molecule has 9 heteroatoms. The maximum atomic E-state index is 12.0. The lowest BCUT2D eigenvalue weighted by atomic mass is 10.2. The van der Waals surface area contributed by atoms with Crippen LogP contribution in [0.2, 0.25) is 0 Å². The number of carbonyl (C=O) groups excluding carboxylic acids is 1. The normalized spacial score (nSPS) is 12.2. The van der Waals surface area contributed by atoms with Crippen molar-refractivity contribution < 1.29 is 26.4 Å². The van der Waals surface area contributed by atoms with Crippen molar-refractivity contribution in [3.8, 4) is 0 Å². The molecule has 0 bridgehead atoms. The predicted molar refractivity (Wildman–Crippen MR) is 63.0 cm³/mol. The first-order valence-corrected chi connectivity index (χ1v) is 6.72. The quantitative estimate of drug-likeness (QED) is 0.862. The number of sulfonamides is 1. The van der Waals surface area contributed by atoms with Gasteiger partial charge in [-0.25, -0.2) is 8.42 Å². The van der Waals surface area contributed by atoms with Crippen LogP contribution in [0.15, 0.2) is 24.3 Å². The lowest BCUT2D eigenvalue weighted by Crippen LogP contribution is -2.23. The number of halogens is 3. The highest BCUT2D eigenvalue weighted by Gasteiger charge is 2.30. The first kappa shape index (κ1) is 15.3. The molecule has 0 fully saturated rings. The molecule has 3 N–H and O–H groups in total. The molecular formula is C10H11F3N2O3S. The summed E-state index contributed by atoms with van der Waals surface area (Å²) in [7, 11) is -4.20. The Kier molecular flexibility index (Phi) is 4.40. The van der Waals surface area contributed by atoms with Crippen LogP contribution in [-0.2, 0) is 10.0 Å². The van der Waals surface area contributed by atoms with E-state index >= 15 is 0 Å². The summed E-state index contributed by atoms with van der Waals surface area (Å²) in [5.74, 6) is -2.00. The van der Waals surface area contributed by atoms with E-state index in [0.717, 1.165) is 0 Å². The minimum absolute atomic E-state index is 0.113. The van der Waals surface area contributed by atoms with E-state index in [-0.39, 0.29) is 11.3 Å². The molecule has 0 aliphatic heterocycles. The summed E-state index contributed by atoms with van der Waals surface area (Å²) in [4.78, 5) is 11.0. The zero-order chi connectivity index (χ0) is 14.7. The summed E-state index contributed by atoms with van der Waals surface area (Å²) in [5, 5.41) is 0. The molecule has 0 aromatic heterocycles. The molecule has 106 valence electrons. The van der Waals surface area contributed by atoms with Gasteiger partial charge < -0.3 is 5.73 Å². The molecular weight excluding hydrogens is 285 g/mol. The van der Waals surface area contributed by atoms with E-state index in [0.29, 0.717) is 0 Å². The van der Waals surface area contributed by atoms with Crippen LogP contribution in [0.1, 0.15) is 16.8 Å². The van der Waals surface area contributed by atoms with Crippen LogP contribution in [0.25, 0.3) is 0 Å². The average Bonchev–Trinajstić information content (AvgIpc) is 2.26. The van der Waals surface area contributed by atoms with Gasteiger partial charge in [0.05, 0.1) is 23.4 Å². The van der Waals surface area contributed by atoms with Crippen LogP contribution >= 0.6 is 0 Å². The monoisotopic (exact) mass is 296 g/mol. The predicted octanol–water partition coefficient (Wildman–Crippen LogP) is 1.48. The number of carbonyl (C=O) groups is 1. The Balaban J connectivity index is 2.87. The number of rotatable bonds is 5. The van der Waals surface area contributed by atoms with Crippen molar-refractivity contribution in [1.82, 2.24) is 0 Å². The third-order valence-corrected chi connectivity index (χ3v) is 3.38. The summed E-state index contributed by atoms with van der Waals surface area (Å²) in [6, 6.07) is 5.39. The molecule has 0 atom stereocenters. The number of amides is 1. The second-order valence-electron chi connectivity index (χ2n) is 3.70. The molecule has 1 aromatic carbocycles. The molecule has 1 amide bonds. The van der Waals surface area contributed by atoms with E-state index in [1.54, 1.807) is 0 Å².